The number of hydrogen-bond donors (Lipinski definition) is 0. The summed E-state index contributed by atoms with van der Waals surface area (Å²) in [7, 11) is 0. The number of hydrogen-bond acceptors (Lipinski definition) is 4. The zero-order valence-electron chi connectivity index (χ0n) is 11.7. The van der Waals surface area contributed by atoms with Gasteiger partial charge in [0.15, 0.2) is 0 Å². The molecular formula is C15H12ClIN4S. The van der Waals surface area contributed by atoms with E-state index in [9.17, 15) is 0 Å². The molecule has 0 unspecified atom stereocenters. The van der Waals surface area contributed by atoms with E-state index in [4.69, 9.17) is 11.6 Å². The first-order valence-electron chi connectivity index (χ1n) is 6.55. The van der Waals surface area contributed by atoms with Gasteiger partial charge in [0, 0.05) is 14.3 Å². The van der Waals surface area contributed by atoms with Crippen molar-refractivity contribution in [2.24, 2.45) is 0 Å². The van der Waals surface area contributed by atoms with Crippen LogP contribution in [0.15, 0.2) is 47.6 Å². The molecule has 3 rings (SSSR count). The van der Waals surface area contributed by atoms with Crippen LogP contribution >= 0.6 is 46.0 Å². The Morgan fingerprint density at radius 2 is 2.09 bits per heavy atom. The van der Waals surface area contributed by atoms with Crippen molar-refractivity contribution in [2.75, 3.05) is 0 Å². The Morgan fingerprint density at radius 3 is 2.86 bits per heavy atom. The number of halogens is 2. The number of tetrazole rings is 1. The molecule has 0 radical (unpaired) electrons. The van der Waals surface area contributed by atoms with Crippen molar-refractivity contribution >= 4 is 46.0 Å². The highest BCUT2D eigenvalue weighted by Crippen LogP contribution is 2.25. The third-order valence-corrected chi connectivity index (χ3v) is 5.17. The van der Waals surface area contributed by atoms with E-state index < -0.39 is 0 Å². The van der Waals surface area contributed by atoms with Gasteiger partial charge in [-0.2, -0.15) is 4.68 Å². The van der Waals surface area contributed by atoms with Crippen LogP contribution in [0.5, 0.6) is 0 Å². The molecule has 0 aliphatic rings. The van der Waals surface area contributed by atoms with Gasteiger partial charge in [0.2, 0.25) is 5.16 Å². The molecule has 0 N–H and O–H groups in total. The average Bonchev–Trinajstić information content (AvgIpc) is 2.96. The summed E-state index contributed by atoms with van der Waals surface area (Å²) in [4.78, 5) is 0. The van der Waals surface area contributed by atoms with Gasteiger partial charge in [0.1, 0.15) is 0 Å². The van der Waals surface area contributed by atoms with Gasteiger partial charge in [-0.3, -0.25) is 0 Å². The van der Waals surface area contributed by atoms with Crippen molar-refractivity contribution in [1.29, 1.82) is 0 Å². The number of rotatable bonds is 4. The lowest BCUT2D eigenvalue weighted by atomic mass is 10.2. The van der Waals surface area contributed by atoms with Gasteiger partial charge >= 0.3 is 0 Å². The van der Waals surface area contributed by atoms with Crippen LogP contribution in [-0.2, 0) is 5.75 Å². The third-order valence-electron chi connectivity index (χ3n) is 3.10. The van der Waals surface area contributed by atoms with Gasteiger partial charge in [-0.05, 0) is 75.3 Å². The van der Waals surface area contributed by atoms with Crippen LogP contribution < -0.4 is 0 Å². The molecule has 0 aliphatic carbocycles. The van der Waals surface area contributed by atoms with E-state index in [0.29, 0.717) is 5.02 Å². The minimum Gasteiger partial charge on any atom is -0.187 e. The van der Waals surface area contributed by atoms with E-state index in [1.807, 2.05) is 25.1 Å². The Morgan fingerprint density at radius 1 is 1.23 bits per heavy atom. The highest BCUT2D eigenvalue weighted by atomic mass is 127. The molecule has 0 fully saturated rings. The van der Waals surface area contributed by atoms with Crippen molar-refractivity contribution in [3.05, 3.63) is 62.2 Å². The number of thioether (sulfide) groups is 1. The lowest BCUT2D eigenvalue weighted by molar-refractivity contribution is 0.756. The maximum Gasteiger partial charge on any atom is 0.214 e. The summed E-state index contributed by atoms with van der Waals surface area (Å²) >= 11 is 10.1. The predicted molar refractivity (Wildman–Crippen MR) is 97.6 cm³/mol. The summed E-state index contributed by atoms with van der Waals surface area (Å²) in [5.74, 6) is 0.816. The van der Waals surface area contributed by atoms with Crippen molar-refractivity contribution in [3.63, 3.8) is 0 Å². The Hall–Kier alpha value is -1.12. The topological polar surface area (TPSA) is 43.6 Å². The summed E-state index contributed by atoms with van der Waals surface area (Å²) in [6.07, 6.45) is 0. The van der Waals surface area contributed by atoms with E-state index in [1.165, 1.54) is 9.13 Å². The first kappa shape index (κ1) is 15.8. The highest BCUT2D eigenvalue weighted by molar-refractivity contribution is 14.1. The molecular weight excluding hydrogens is 431 g/mol. The van der Waals surface area contributed by atoms with Crippen LogP contribution in [-0.4, -0.2) is 20.2 Å². The van der Waals surface area contributed by atoms with Gasteiger partial charge in [-0.25, -0.2) is 0 Å². The fourth-order valence-electron chi connectivity index (χ4n) is 1.92. The van der Waals surface area contributed by atoms with Crippen LogP contribution in [0.4, 0.5) is 0 Å². The van der Waals surface area contributed by atoms with Crippen LogP contribution in [0.2, 0.25) is 5.02 Å². The molecule has 2 aromatic carbocycles. The van der Waals surface area contributed by atoms with Gasteiger partial charge < -0.3 is 0 Å². The van der Waals surface area contributed by atoms with Crippen molar-refractivity contribution in [1.82, 2.24) is 20.2 Å². The van der Waals surface area contributed by atoms with Gasteiger partial charge in [0.25, 0.3) is 0 Å². The van der Waals surface area contributed by atoms with Gasteiger partial charge in [-0.15, -0.1) is 5.10 Å². The minimum absolute atomic E-state index is 0.710. The molecule has 0 saturated carbocycles. The molecule has 1 aromatic heterocycles. The van der Waals surface area contributed by atoms with Crippen LogP contribution in [0.1, 0.15) is 11.1 Å². The molecule has 0 spiro atoms. The van der Waals surface area contributed by atoms with E-state index in [0.717, 1.165) is 22.2 Å². The largest absolute Gasteiger partial charge is 0.214 e. The van der Waals surface area contributed by atoms with E-state index in [1.54, 1.807) is 16.4 Å². The lowest BCUT2D eigenvalue weighted by Gasteiger charge is -2.06. The minimum atomic E-state index is 0.710. The number of benzene rings is 2. The second kappa shape index (κ2) is 6.97. The van der Waals surface area contributed by atoms with E-state index in [2.05, 4.69) is 62.4 Å². The summed E-state index contributed by atoms with van der Waals surface area (Å²) < 4.78 is 2.93. The van der Waals surface area contributed by atoms with Crippen molar-refractivity contribution < 1.29 is 0 Å². The maximum absolute atomic E-state index is 6.18. The zero-order valence-corrected chi connectivity index (χ0v) is 15.4. The Kier molecular flexibility index (Phi) is 5.00. The number of nitrogens with zero attached hydrogens (tertiary/aromatic N) is 4. The summed E-state index contributed by atoms with van der Waals surface area (Å²) in [5, 5.41) is 13.4. The smallest absolute Gasteiger partial charge is 0.187 e. The number of aryl methyl sites for hydroxylation is 1. The molecule has 4 nitrogen and oxygen atoms in total. The fraction of sp³-hybridized carbons (Fsp3) is 0.133. The van der Waals surface area contributed by atoms with Gasteiger partial charge in [-0.1, -0.05) is 41.6 Å². The first-order valence-corrected chi connectivity index (χ1v) is 9.00. The molecule has 112 valence electrons. The number of aromatic nitrogens is 4. The summed E-state index contributed by atoms with van der Waals surface area (Å²) in [5.41, 5.74) is 3.14. The normalized spacial score (nSPS) is 10.9. The first-order chi connectivity index (χ1) is 10.6. The predicted octanol–water partition coefficient (Wildman–Crippen LogP) is 4.52. The molecule has 0 bridgehead atoms. The second-order valence-electron chi connectivity index (χ2n) is 4.73. The Bertz CT molecular complexity index is 806. The standard InChI is InChI=1S/C15H12ClIN4S/c1-10-5-6-13(8-14(10)16)21-15(18-19-20-21)22-9-11-3-2-4-12(17)7-11/h2-8H,9H2,1H3. The quantitative estimate of drug-likeness (QED) is 0.440. The lowest BCUT2D eigenvalue weighted by Crippen LogP contribution is -1.99. The second-order valence-corrected chi connectivity index (χ2v) is 7.32. The average molecular weight is 443 g/mol. The summed E-state index contributed by atoms with van der Waals surface area (Å²) in [6, 6.07) is 14.2. The molecule has 0 saturated heterocycles. The third kappa shape index (κ3) is 3.61. The molecule has 7 heteroatoms. The maximum atomic E-state index is 6.18. The molecule has 3 aromatic rings. The Balaban J connectivity index is 1.81. The SMILES string of the molecule is Cc1ccc(-n2nnnc2SCc2cccc(I)c2)cc1Cl. The molecule has 1 heterocycles. The molecule has 0 atom stereocenters. The summed E-state index contributed by atoms with van der Waals surface area (Å²) in [6.45, 7) is 1.97. The van der Waals surface area contributed by atoms with Gasteiger partial charge in [0.05, 0.1) is 5.69 Å². The van der Waals surface area contributed by atoms with E-state index >= 15 is 0 Å². The molecule has 0 amide bonds. The molecule has 22 heavy (non-hydrogen) atoms. The monoisotopic (exact) mass is 442 g/mol. The zero-order chi connectivity index (χ0) is 15.5. The van der Waals surface area contributed by atoms with Crippen molar-refractivity contribution in [2.45, 2.75) is 17.8 Å². The van der Waals surface area contributed by atoms with Crippen LogP contribution in [0.3, 0.4) is 0 Å². The van der Waals surface area contributed by atoms with Crippen molar-refractivity contribution in [3.8, 4) is 5.69 Å². The van der Waals surface area contributed by atoms with E-state index in [-0.39, 0.29) is 0 Å². The Labute approximate surface area is 151 Å². The van der Waals surface area contributed by atoms with Crippen LogP contribution in [0.25, 0.3) is 5.69 Å². The fourth-order valence-corrected chi connectivity index (χ4v) is 3.54. The van der Waals surface area contributed by atoms with Crippen LogP contribution in [0, 0.1) is 10.5 Å². The highest BCUT2D eigenvalue weighted by Gasteiger charge is 2.10. The molecule has 0 aliphatic heterocycles.